The van der Waals surface area contributed by atoms with Crippen LogP contribution in [0.2, 0.25) is 0 Å². The number of aliphatic carboxylic acids is 1. The Kier molecular flexibility index (Phi) is 37.5. The average molecular weight is 812 g/mol. The number of phosphoric acid groups is 1. The van der Waals surface area contributed by atoms with Gasteiger partial charge in [0.05, 0.1) is 13.2 Å². The molecule has 0 spiro atoms. The number of carbonyl (C=O) groups is 3. The molecule has 3 atom stereocenters. The summed E-state index contributed by atoms with van der Waals surface area (Å²) >= 11 is 0. The van der Waals surface area contributed by atoms with Gasteiger partial charge in [-0.3, -0.25) is 23.4 Å². The maximum absolute atomic E-state index is 12.6. The molecular formula is C44H78NO10P. The van der Waals surface area contributed by atoms with E-state index in [0.29, 0.717) is 19.3 Å². The van der Waals surface area contributed by atoms with E-state index in [-0.39, 0.29) is 19.4 Å². The van der Waals surface area contributed by atoms with Gasteiger partial charge in [0, 0.05) is 12.8 Å². The number of nitrogens with two attached hydrogens (primary N) is 1. The van der Waals surface area contributed by atoms with Crippen molar-refractivity contribution in [1.29, 1.82) is 0 Å². The second kappa shape index (κ2) is 39.3. The lowest BCUT2D eigenvalue weighted by Gasteiger charge is -2.20. The van der Waals surface area contributed by atoms with Crippen molar-refractivity contribution in [2.24, 2.45) is 5.73 Å². The molecule has 0 amide bonds. The Labute approximate surface area is 339 Å². The minimum atomic E-state index is -4.73. The van der Waals surface area contributed by atoms with E-state index in [0.717, 1.165) is 38.5 Å². The average Bonchev–Trinajstić information content (AvgIpc) is 3.17. The number of carboxylic acid groups (broad SMARTS) is 1. The minimum Gasteiger partial charge on any atom is -0.480 e. The number of hydrogen-bond donors (Lipinski definition) is 3. The monoisotopic (exact) mass is 812 g/mol. The molecule has 0 heterocycles. The van der Waals surface area contributed by atoms with Crippen LogP contribution in [0.3, 0.4) is 0 Å². The van der Waals surface area contributed by atoms with Gasteiger partial charge in [-0.05, 0) is 70.6 Å². The molecule has 0 aromatic rings. The summed E-state index contributed by atoms with van der Waals surface area (Å²) in [7, 11) is -4.73. The molecule has 0 saturated carbocycles. The second-order valence-electron chi connectivity index (χ2n) is 14.5. The molecule has 4 N–H and O–H groups in total. The van der Waals surface area contributed by atoms with Crippen molar-refractivity contribution in [3.8, 4) is 0 Å². The lowest BCUT2D eigenvalue weighted by molar-refractivity contribution is -0.161. The van der Waals surface area contributed by atoms with Crippen LogP contribution in [0.15, 0.2) is 48.6 Å². The first-order chi connectivity index (χ1) is 27.1. The maximum Gasteiger partial charge on any atom is 0.472 e. The molecule has 11 nitrogen and oxygen atoms in total. The van der Waals surface area contributed by atoms with Crippen LogP contribution in [0.4, 0.5) is 0 Å². The highest BCUT2D eigenvalue weighted by molar-refractivity contribution is 7.47. The summed E-state index contributed by atoms with van der Waals surface area (Å²) < 4.78 is 32.6. The molecule has 0 aliphatic heterocycles. The number of esters is 2. The lowest BCUT2D eigenvalue weighted by Crippen LogP contribution is -2.34. The summed E-state index contributed by atoms with van der Waals surface area (Å²) in [5, 5.41) is 8.88. The van der Waals surface area contributed by atoms with Crippen molar-refractivity contribution < 1.29 is 47.5 Å². The van der Waals surface area contributed by atoms with Crippen LogP contribution in [-0.4, -0.2) is 59.9 Å². The SMILES string of the molecule is CCCCCCCC/C=C/C/C=C/CCCCC(=O)O[C@H](COC(=O)CCC/C=C/C/C=C/CCCCCCCCCCC)COP(=O)(O)OC[C@H](N)C(=O)O. The summed E-state index contributed by atoms with van der Waals surface area (Å²) in [5.41, 5.74) is 5.32. The predicted octanol–water partition coefficient (Wildman–Crippen LogP) is 11.4. The predicted molar refractivity (Wildman–Crippen MR) is 226 cm³/mol. The van der Waals surface area contributed by atoms with Gasteiger partial charge in [-0.2, -0.15) is 0 Å². The first kappa shape index (κ1) is 53.4. The molecule has 0 aliphatic carbocycles. The molecule has 1 unspecified atom stereocenters. The zero-order valence-electron chi connectivity index (χ0n) is 35.0. The molecule has 324 valence electrons. The molecule has 0 aliphatic rings. The van der Waals surface area contributed by atoms with E-state index in [9.17, 15) is 23.8 Å². The summed E-state index contributed by atoms with van der Waals surface area (Å²) in [6.45, 7) is 2.71. The van der Waals surface area contributed by atoms with Gasteiger partial charge in [-0.15, -0.1) is 0 Å². The third-order valence-electron chi connectivity index (χ3n) is 9.05. The molecule has 0 rings (SSSR count). The van der Waals surface area contributed by atoms with E-state index in [1.54, 1.807) is 0 Å². The fraction of sp³-hybridized carbons (Fsp3) is 0.750. The van der Waals surface area contributed by atoms with Crippen molar-refractivity contribution in [3.63, 3.8) is 0 Å². The molecule has 0 fully saturated rings. The number of unbranched alkanes of at least 4 members (excludes halogenated alkanes) is 18. The van der Waals surface area contributed by atoms with Crippen molar-refractivity contribution in [2.45, 2.75) is 193 Å². The lowest BCUT2D eigenvalue weighted by atomic mass is 10.1. The van der Waals surface area contributed by atoms with Gasteiger partial charge in [0.1, 0.15) is 12.6 Å². The molecular weight excluding hydrogens is 733 g/mol. The fourth-order valence-corrected chi connectivity index (χ4v) is 6.38. The summed E-state index contributed by atoms with van der Waals surface area (Å²) in [5.74, 6) is -2.48. The number of rotatable bonds is 40. The normalized spacial score (nSPS) is 14.2. The van der Waals surface area contributed by atoms with E-state index in [4.69, 9.17) is 24.8 Å². The van der Waals surface area contributed by atoms with Gasteiger partial charge < -0.3 is 25.2 Å². The number of allylic oxidation sites excluding steroid dienone is 8. The van der Waals surface area contributed by atoms with Crippen LogP contribution in [0.25, 0.3) is 0 Å². The molecule has 0 saturated heterocycles. The fourth-order valence-electron chi connectivity index (χ4n) is 5.60. The Balaban J connectivity index is 4.48. The third kappa shape index (κ3) is 38.3. The number of carboxylic acids is 1. The minimum absolute atomic E-state index is 0.109. The highest BCUT2D eigenvalue weighted by atomic mass is 31.2. The number of ether oxygens (including phenoxy) is 2. The zero-order valence-corrected chi connectivity index (χ0v) is 35.9. The quantitative estimate of drug-likeness (QED) is 0.0233. The van der Waals surface area contributed by atoms with E-state index < -0.39 is 51.1 Å². The van der Waals surface area contributed by atoms with Crippen LogP contribution in [-0.2, 0) is 37.5 Å². The molecule has 0 radical (unpaired) electrons. The molecule has 0 aromatic heterocycles. The summed E-state index contributed by atoms with van der Waals surface area (Å²) in [6.07, 6.45) is 43.3. The van der Waals surface area contributed by atoms with Gasteiger partial charge in [0.25, 0.3) is 0 Å². The summed E-state index contributed by atoms with van der Waals surface area (Å²) in [4.78, 5) is 45.9. The first-order valence-electron chi connectivity index (χ1n) is 21.7. The molecule has 0 bridgehead atoms. The number of carbonyl (C=O) groups excluding carboxylic acids is 2. The highest BCUT2D eigenvalue weighted by Crippen LogP contribution is 2.43. The smallest absolute Gasteiger partial charge is 0.472 e. The van der Waals surface area contributed by atoms with Gasteiger partial charge in [0.2, 0.25) is 0 Å². The topological polar surface area (TPSA) is 172 Å². The van der Waals surface area contributed by atoms with E-state index in [1.165, 1.54) is 96.3 Å². The van der Waals surface area contributed by atoms with Gasteiger partial charge in [-0.1, -0.05) is 146 Å². The Morgan fingerprint density at radius 3 is 1.45 bits per heavy atom. The number of hydrogen-bond acceptors (Lipinski definition) is 9. The van der Waals surface area contributed by atoms with Gasteiger partial charge >= 0.3 is 25.7 Å². The van der Waals surface area contributed by atoms with Crippen LogP contribution in [0.1, 0.15) is 181 Å². The van der Waals surface area contributed by atoms with Crippen molar-refractivity contribution in [1.82, 2.24) is 0 Å². The van der Waals surface area contributed by atoms with Crippen molar-refractivity contribution in [3.05, 3.63) is 48.6 Å². The Bertz CT molecular complexity index is 1140. The van der Waals surface area contributed by atoms with E-state index >= 15 is 0 Å². The van der Waals surface area contributed by atoms with Crippen molar-refractivity contribution >= 4 is 25.7 Å². The standard InChI is InChI=1S/C44H78NO10P/c1-3-5-7-9-11-13-15-17-19-20-22-23-25-27-29-31-33-35-42(46)52-37-40(38-53-56(50,51)54-39-41(45)44(48)49)55-43(47)36-34-32-30-28-26-24-21-18-16-14-12-10-8-6-4-2/h18,21-23,26-29,40-41H,3-17,19-20,24-25,30-39,45H2,1-2H3,(H,48,49)(H,50,51)/b21-18+,23-22+,28-26+,29-27+/t40-,41+/m1/s1. The second-order valence-corrected chi connectivity index (χ2v) is 15.9. The summed E-state index contributed by atoms with van der Waals surface area (Å²) in [6, 6.07) is -1.53. The van der Waals surface area contributed by atoms with E-state index in [1.807, 2.05) is 6.08 Å². The van der Waals surface area contributed by atoms with Gasteiger partial charge in [-0.25, -0.2) is 4.57 Å². The molecule has 0 aromatic carbocycles. The zero-order chi connectivity index (χ0) is 41.4. The largest absolute Gasteiger partial charge is 0.480 e. The van der Waals surface area contributed by atoms with Crippen LogP contribution in [0.5, 0.6) is 0 Å². The Morgan fingerprint density at radius 2 is 0.964 bits per heavy atom. The Morgan fingerprint density at radius 1 is 0.554 bits per heavy atom. The van der Waals surface area contributed by atoms with Crippen LogP contribution in [0, 0.1) is 0 Å². The van der Waals surface area contributed by atoms with Gasteiger partial charge in [0.15, 0.2) is 6.10 Å². The van der Waals surface area contributed by atoms with E-state index in [2.05, 4.69) is 60.9 Å². The third-order valence-corrected chi connectivity index (χ3v) is 10.0. The molecule has 56 heavy (non-hydrogen) atoms. The maximum atomic E-state index is 12.6. The Hall–Kier alpha value is -2.56. The van der Waals surface area contributed by atoms with Crippen LogP contribution < -0.4 is 5.73 Å². The van der Waals surface area contributed by atoms with Crippen molar-refractivity contribution in [2.75, 3.05) is 19.8 Å². The first-order valence-corrected chi connectivity index (χ1v) is 23.2. The number of phosphoric ester groups is 1. The van der Waals surface area contributed by atoms with Crippen LogP contribution >= 0.6 is 7.82 Å². The highest BCUT2D eigenvalue weighted by Gasteiger charge is 2.28. The molecule has 12 heteroatoms.